The molecule has 2 atom stereocenters. The molecule has 2 unspecified atom stereocenters. The fourth-order valence-electron chi connectivity index (χ4n) is 9.25. The first-order valence-electron chi connectivity index (χ1n) is 30.3. The summed E-state index contributed by atoms with van der Waals surface area (Å²) in [4.78, 5) is 24.6. The van der Waals surface area contributed by atoms with E-state index in [9.17, 15) is 19.8 Å². The number of nitrogens with one attached hydrogen (secondary N) is 1. The average Bonchev–Trinajstić information content (AvgIpc) is 3.34. The molecule has 0 saturated heterocycles. The molecule has 6 heteroatoms. The number of hydrogen-bond acceptors (Lipinski definition) is 5. The second-order valence-electron chi connectivity index (χ2n) is 20.7. The maximum absolute atomic E-state index is 12.5. The van der Waals surface area contributed by atoms with Gasteiger partial charge >= 0.3 is 5.97 Å². The third-order valence-corrected chi connectivity index (χ3v) is 13.9. The minimum atomic E-state index is -0.857. The van der Waals surface area contributed by atoms with Crippen LogP contribution in [0.5, 0.6) is 0 Å². The number of esters is 1. The predicted octanol–water partition coefficient (Wildman–Crippen LogP) is 18.8. The second-order valence-corrected chi connectivity index (χ2v) is 20.7. The number of carbonyl (C=O) groups is 2. The highest BCUT2D eigenvalue weighted by Gasteiger charge is 2.18. The third kappa shape index (κ3) is 53.4. The van der Waals surface area contributed by atoms with Crippen LogP contribution in [0.3, 0.4) is 0 Å². The van der Waals surface area contributed by atoms with Gasteiger partial charge in [-0.1, -0.05) is 281 Å². The number of aliphatic hydroxyl groups is 2. The Labute approximate surface area is 424 Å². The van der Waals surface area contributed by atoms with Crippen LogP contribution < -0.4 is 5.32 Å². The molecule has 0 spiro atoms. The summed E-state index contributed by atoms with van der Waals surface area (Å²) in [5.74, 6) is -0.0997. The lowest BCUT2D eigenvalue weighted by Crippen LogP contribution is -2.45. The molecule has 0 aromatic rings. The zero-order chi connectivity index (χ0) is 49.3. The van der Waals surface area contributed by atoms with E-state index in [1.165, 1.54) is 231 Å². The lowest BCUT2D eigenvalue weighted by atomic mass is 10.0. The Morgan fingerprint density at radius 1 is 0.412 bits per heavy atom. The molecule has 68 heavy (non-hydrogen) atoms. The first-order chi connectivity index (χ1) is 33.5. The molecule has 1 amide bonds. The highest BCUT2D eigenvalue weighted by molar-refractivity contribution is 5.76. The van der Waals surface area contributed by atoms with Crippen LogP contribution in [0, 0.1) is 0 Å². The molecule has 0 fully saturated rings. The maximum Gasteiger partial charge on any atom is 0.305 e. The standard InChI is InChI=1S/C62H117NO5/c1-3-5-7-9-11-13-15-17-19-21-22-23-24-25-27-28-30-34-38-42-46-50-54-60(65)59(58-64)63-61(66)55-51-47-43-39-35-32-33-37-41-45-49-53-57-68-62(67)56-52-48-44-40-36-31-29-26-20-18-16-14-12-10-8-6-4-2/h12,14,18,20,50,54,59-60,64-65H,3-11,13,15-17,19,21-49,51-53,55-58H2,1-2H3,(H,63,66)/b14-12-,20-18-,54-50+. The maximum atomic E-state index is 12.5. The van der Waals surface area contributed by atoms with E-state index < -0.39 is 12.1 Å². The lowest BCUT2D eigenvalue weighted by Gasteiger charge is -2.20. The van der Waals surface area contributed by atoms with Crippen molar-refractivity contribution in [3.8, 4) is 0 Å². The van der Waals surface area contributed by atoms with Gasteiger partial charge in [-0.25, -0.2) is 0 Å². The van der Waals surface area contributed by atoms with Gasteiger partial charge in [-0.2, -0.15) is 0 Å². The van der Waals surface area contributed by atoms with Crippen LogP contribution in [0.15, 0.2) is 36.5 Å². The van der Waals surface area contributed by atoms with E-state index in [0.717, 1.165) is 64.2 Å². The molecule has 0 heterocycles. The average molecular weight is 957 g/mol. The molecule has 0 aromatic carbocycles. The van der Waals surface area contributed by atoms with Crippen LogP contribution in [0.25, 0.3) is 0 Å². The molecular formula is C62H117NO5. The monoisotopic (exact) mass is 956 g/mol. The molecule has 0 aromatic heterocycles. The zero-order valence-electron chi connectivity index (χ0n) is 45.6. The molecule has 6 nitrogen and oxygen atoms in total. The Bertz CT molecular complexity index is 1100. The Kier molecular flexibility index (Phi) is 56.0. The van der Waals surface area contributed by atoms with Crippen molar-refractivity contribution in [3.63, 3.8) is 0 Å². The molecule has 400 valence electrons. The number of rotatable bonds is 56. The summed E-state index contributed by atoms with van der Waals surface area (Å²) >= 11 is 0. The number of allylic oxidation sites excluding steroid dienone is 5. The number of amides is 1. The van der Waals surface area contributed by atoms with Crippen LogP contribution in [-0.4, -0.2) is 47.4 Å². The SMILES string of the molecule is CCCCC/C=C\C/C=C\CCCCCCCCCC(=O)OCCCCCCCCCCCCCCC(=O)NC(CO)C(O)/C=C/CCCCCCCCCCCCCCCCCCCCCC. The molecule has 0 aliphatic carbocycles. The van der Waals surface area contributed by atoms with E-state index >= 15 is 0 Å². The minimum absolute atomic E-state index is 0.0181. The lowest BCUT2D eigenvalue weighted by molar-refractivity contribution is -0.143. The highest BCUT2D eigenvalue weighted by atomic mass is 16.5. The van der Waals surface area contributed by atoms with Crippen molar-refractivity contribution in [1.29, 1.82) is 0 Å². The van der Waals surface area contributed by atoms with Gasteiger partial charge in [0.05, 0.1) is 25.4 Å². The van der Waals surface area contributed by atoms with Crippen molar-refractivity contribution in [2.45, 2.75) is 334 Å². The largest absolute Gasteiger partial charge is 0.466 e. The van der Waals surface area contributed by atoms with E-state index in [2.05, 4.69) is 43.5 Å². The topological polar surface area (TPSA) is 95.9 Å². The summed E-state index contributed by atoms with van der Waals surface area (Å²) in [5, 5.41) is 23.2. The van der Waals surface area contributed by atoms with Gasteiger partial charge in [0.25, 0.3) is 0 Å². The molecule has 0 radical (unpaired) electrons. The van der Waals surface area contributed by atoms with Crippen molar-refractivity contribution in [3.05, 3.63) is 36.5 Å². The molecule has 3 N–H and O–H groups in total. The third-order valence-electron chi connectivity index (χ3n) is 13.9. The van der Waals surface area contributed by atoms with Gasteiger partial charge in [0.2, 0.25) is 5.91 Å². The normalized spacial score (nSPS) is 12.8. The van der Waals surface area contributed by atoms with Gasteiger partial charge in [-0.3, -0.25) is 9.59 Å². The smallest absolute Gasteiger partial charge is 0.305 e. The van der Waals surface area contributed by atoms with Crippen molar-refractivity contribution in [2.24, 2.45) is 0 Å². The Hall–Kier alpha value is -1.92. The highest BCUT2D eigenvalue weighted by Crippen LogP contribution is 2.17. The zero-order valence-corrected chi connectivity index (χ0v) is 45.6. The summed E-state index contributed by atoms with van der Waals surface area (Å²) in [6, 6.07) is -0.642. The van der Waals surface area contributed by atoms with Crippen LogP contribution in [0.1, 0.15) is 322 Å². The number of aliphatic hydroxyl groups excluding tert-OH is 2. The first-order valence-corrected chi connectivity index (χ1v) is 30.3. The molecule has 0 aliphatic rings. The van der Waals surface area contributed by atoms with Crippen LogP contribution in [0.4, 0.5) is 0 Å². The molecular weight excluding hydrogens is 839 g/mol. The summed E-state index contributed by atoms with van der Waals surface area (Å²) in [5.41, 5.74) is 0. The van der Waals surface area contributed by atoms with Gasteiger partial charge < -0.3 is 20.3 Å². The summed E-state index contributed by atoms with van der Waals surface area (Å²) in [6.07, 6.45) is 71.6. The Morgan fingerprint density at radius 3 is 1.15 bits per heavy atom. The summed E-state index contributed by atoms with van der Waals surface area (Å²) in [7, 11) is 0. The van der Waals surface area contributed by atoms with Crippen molar-refractivity contribution < 1.29 is 24.5 Å². The Balaban J connectivity index is 3.49. The van der Waals surface area contributed by atoms with Crippen molar-refractivity contribution >= 4 is 11.9 Å². The van der Waals surface area contributed by atoms with Gasteiger partial charge in [-0.05, 0) is 64.2 Å². The van der Waals surface area contributed by atoms with E-state index in [4.69, 9.17) is 4.74 Å². The van der Waals surface area contributed by atoms with Crippen LogP contribution >= 0.6 is 0 Å². The number of hydrogen-bond donors (Lipinski definition) is 3. The van der Waals surface area contributed by atoms with E-state index in [0.29, 0.717) is 19.4 Å². The number of ether oxygens (including phenoxy) is 1. The summed E-state index contributed by atoms with van der Waals surface area (Å²) in [6.45, 7) is 4.86. The molecule has 0 bridgehead atoms. The second kappa shape index (κ2) is 57.7. The number of unbranched alkanes of at least 4 members (excludes halogenated alkanes) is 41. The molecule has 0 rings (SSSR count). The van der Waals surface area contributed by atoms with Gasteiger partial charge in [-0.15, -0.1) is 0 Å². The van der Waals surface area contributed by atoms with Crippen molar-refractivity contribution in [1.82, 2.24) is 5.32 Å². The fourth-order valence-corrected chi connectivity index (χ4v) is 9.25. The molecule has 0 saturated carbocycles. The minimum Gasteiger partial charge on any atom is -0.466 e. The van der Waals surface area contributed by atoms with Crippen LogP contribution in [-0.2, 0) is 14.3 Å². The van der Waals surface area contributed by atoms with Gasteiger partial charge in [0.1, 0.15) is 0 Å². The fraction of sp³-hybridized carbons (Fsp3) is 0.871. The molecule has 0 aliphatic heterocycles. The Morgan fingerprint density at radius 2 is 0.735 bits per heavy atom. The van der Waals surface area contributed by atoms with E-state index in [-0.39, 0.29) is 18.5 Å². The summed E-state index contributed by atoms with van der Waals surface area (Å²) < 4.78 is 5.47. The van der Waals surface area contributed by atoms with Crippen LogP contribution in [0.2, 0.25) is 0 Å². The van der Waals surface area contributed by atoms with Crippen molar-refractivity contribution in [2.75, 3.05) is 13.2 Å². The number of carbonyl (C=O) groups excluding carboxylic acids is 2. The van der Waals surface area contributed by atoms with E-state index in [1.54, 1.807) is 6.08 Å². The van der Waals surface area contributed by atoms with Gasteiger partial charge in [0.15, 0.2) is 0 Å². The predicted molar refractivity (Wildman–Crippen MR) is 296 cm³/mol. The quantitative estimate of drug-likeness (QED) is 0.0321. The van der Waals surface area contributed by atoms with E-state index in [1.807, 2.05) is 6.08 Å². The first kappa shape index (κ1) is 66.1. The van der Waals surface area contributed by atoms with Gasteiger partial charge in [0, 0.05) is 12.8 Å².